The molecule has 0 saturated heterocycles. The molecule has 10 aromatic rings. The molecule has 0 aliphatic rings. The first-order valence-corrected chi connectivity index (χ1v) is 17.7. The summed E-state index contributed by atoms with van der Waals surface area (Å²) >= 11 is 0. The third-order valence-corrected chi connectivity index (χ3v) is 10.2. The van der Waals surface area contributed by atoms with E-state index in [0.29, 0.717) is 28.5 Å². The molecule has 56 heavy (non-hydrogen) atoms. The fourth-order valence-corrected chi connectivity index (χ4v) is 7.79. The van der Waals surface area contributed by atoms with Crippen LogP contribution in [-0.2, 0) is 6.18 Å². The van der Waals surface area contributed by atoms with Gasteiger partial charge in [-0.15, -0.1) is 0 Å². The number of hydrogen-bond donors (Lipinski definition) is 0. The first kappa shape index (κ1) is 33.0. The van der Waals surface area contributed by atoms with Gasteiger partial charge in [-0.25, -0.2) is 24.8 Å². The van der Waals surface area contributed by atoms with Gasteiger partial charge >= 0.3 is 6.18 Å². The fourth-order valence-electron chi connectivity index (χ4n) is 7.79. The van der Waals surface area contributed by atoms with E-state index in [9.17, 15) is 0 Å². The van der Waals surface area contributed by atoms with Gasteiger partial charge in [0.25, 0.3) is 0 Å². The lowest BCUT2D eigenvalue weighted by molar-refractivity contribution is -0.137. The van der Waals surface area contributed by atoms with Crippen LogP contribution in [0.4, 0.5) is 18.9 Å². The van der Waals surface area contributed by atoms with Crippen LogP contribution in [-0.4, -0.2) is 29.1 Å². The predicted octanol–water partition coefficient (Wildman–Crippen LogP) is 12.0. The first-order chi connectivity index (χ1) is 27.4. The van der Waals surface area contributed by atoms with Crippen LogP contribution < -0.4 is 0 Å². The van der Waals surface area contributed by atoms with E-state index in [0.717, 1.165) is 49.2 Å². The molecule has 0 aliphatic carbocycles. The number of para-hydroxylation sites is 2. The van der Waals surface area contributed by atoms with Crippen molar-refractivity contribution >= 4 is 49.3 Å². The monoisotopic (exact) mass is 733 g/mol. The van der Waals surface area contributed by atoms with Gasteiger partial charge in [-0.2, -0.15) is 13.2 Å². The van der Waals surface area contributed by atoms with Gasteiger partial charge in [0.05, 0.1) is 45.6 Å². The number of nitrogens with zero attached hydrogens (tertiary/aromatic N) is 7. The first-order valence-electron chi connectivity index (χ1n) is 17.7. The summed E-state index contributed by atoms with van der Waals surface area (Å²) in [6.45, 7) is 7.63. The van der Waals surface area contributed by atoms with Crippen molar-refractivity contribution in [1.29, 1.82) is 0 Å². The second kappa shape index (κ2) is 12.7. The largest absolute Gasteiger partial charge is 0.417 e. The third kappa shape index (κ3) is 5.28. The van der Waals surface area contributed by atoms with Crippen LogP contribution in [0.15, 0.2) is 158 Å². The number of rotatable bonds is 5. The highest BCUT2D eigenvalue weighted by Gasteiger charge is 2.36. The highest BCUT2D eigenvalue weighted by Crippen LogP contribution is 2.45. The maximum Gasteiger partial charge on any atom is 0.417 e. The van der Waals surface area contributed by atoms with Crippen LogP contribution in [0.1, 0.15) is 5.56 Å². The number of halogens is 3. The average molecular weight is 734 g/mol. The molecule has 0 radical (unpaired) electrons. The van der Waals surface area contributed by atoms with E-state index in [2.05, 4.69) is 24.8 Å². The molecule has 0 atom stereocenters. The molecule has 10 heteroatoms. The van der Waals surface area contributed by atoms with Crippen LogP contribution in [0.2, 0.25) is 0 Å². The molecule has 0 spiro atoms. The molecule has 0 saturated carbocycles. The van der Waals surface area contributed by atoms with Gasteiger partial charge in [0.15, 0.2) is 17.3 Å². The Morgan fingerprint density at radius 2 is 0.964 bits per heavy atom. The van der Waals surface area contributed by atoms with Gasteiger partial charge in [0, 0.05) is 57.5 Å². The standard InChI is InChI=1S/C46H26F3N7/c1-50-31-10-6-9-28(23-31)34-26-42(55-38-13-4-2-11-32(38)35-24-29(15-17-40(35)55)44-51-19-7-20-52-44)43(27-37(34)46(47,48)49)56-39-14-5-3-12-33(39)36-25-30(16-18-41(36)56)45-53-21-8-22-54-45/h2-27H. The highest BCUT2D eigenvalue weighted by molar-refractivity contribution is 6.13. The Labute approximate surface area is 317 Å². The van der Waals surface area contributed by atoms with Crippen molar-refractivity contribution in [2.24, 2.45) is 0 Å². The van der Waals surface area contributed by atoms with Gasteiger partial charge < -0.3 is 9.13 Å². The lowest BCUT2D eigenvalue weighted by Crippen LogP contribution is -2.12. The maximum atomic E-state index is 15.5. The van der Waals surface area contributed by atoms with Crippen molar-refractivity contribution in [3.63, 3.8) is 0 Å². The topological polar surface area (TPSA) is 65.8 Å². The summed E-state index contributed by atoms with van der Waals surface area (Å²) in [4.78, 5) is 21.4. The van der Waals surface area contributed by atoms with E-state index in [1.165, 1.54) is 12.1 Å². The second-order valence-corrected chi connectivity index (χ2v) is 13.4. The Balaban J connectivity index is 1.35. The van der Waals surface area contributed by atoms with E-state index >= 15 is 13.2 Å². The fraction of sp³-hybridized carbons (Fsp3) is 0.0217. The van der Waals surface area contributed by atoms with Crippen molar-refractivity contribution in [3.8, 4) is 45.3 Å². The third-order valence-electron chi connectivity index (χ3n) is 10.2. The van der Waals surface area contributed by atoms with Crippen molar-refractivity contribution in [2.75, 3.05) is 0 Å². The number of aromatic nitrogens is 6. The van der Waals surface area contributed by atoms with Gasteiger partial charge in [0.1, 0.15) is 0 Å². The smallest absolute Gasteiger partial charge is 0.307 e. The minimum Gasteiger partial charge on any atom is -0.307 e. The van der Waals surface area contributed by atoms with Crippen LogP contribution in [0.25, 0.3) is 93.7 Å². The van der Waals surface area contributed by atoms with Crippen molar-refractivity contribution in [3.05, 3.63) is 175 Å². The predicted molar refractivity (Wildman–Crippen MR) is 214 cm³/mol. The Morgan fingerprint density at radius 3 is 1.48 bits per heavy atom. The molecule has 0 amide bonds. The minimum absolute atomic E-state index is 0.0359. The average Bonchev–Trinajstić information content (AvgIpc) is 3.75. The summed E-state index contributed by atoms with van der Waals surface area (Å²) in [5.41, 5.74) is 5.17. The van der Waals surface area contributed by atoms with Crippen molar-refractivity contribution < 1.29 is 13.2 Å². The zero-order valence-electron chi connectivity index (χ0n) is 29.3. The summed E-state index contributed by atoms with van der Waals surface area (Å²) in [7, 11) is 0. The van der Waals surface area contributed by atoms with E-state index in [4.69, 9.17) is 6.57 Å². The maximum absolute atomic E-state index is 15.5. The summed E-state index contributed by atoms with van der Waals surface area (Å²) < 4.78 is 50.4. The summed E-state index contributed by atoms with van der Waals surface area (Å²) in [6, 6.07) is 40.1. The molecule has 266 valence electrons. The van der Waals surface area contributed by atoms with Gasteiger partial charge in [-0.05, 0) is 90.0 Å². The van der Waals surface area contributed by atoms with E-state index in [-0.39, 0.29) is 16.8 Å². The molecule has 6 aromatic carbocycles. The van der Waals surface area contributed by atoms with Crippen LogP contribution in [0.3, 0.4) is 0 Å². The van der Waals surface area contributed by atoms with Crippen molar-refractivity contribution in [1.82, 2.24) is 29.1 Å². The second-order valence-electron chi connectivity index (χ2n) is 13.4. The highest BCUT2D eigenvalue weighted by atomic mass is 19.4. The lowest BCUT2D eigenvalue weighted by Gasteiger charge is -2.22. The molecular formula is C46H26F3N7. The van der Waals surface area contributed by atoms with Crippen molar-refractivity contribution in [2.45, 2.75) is 6.18 Å². The molecular weight excluding hydrogens is 708 g/mol. The Hall–Kier alpha value is -7.64. The number of alkyl halides is 3. The Bertz CT molecular complexity index is 3200. The summed E-state index contributed by atoms with van der Waals surface area (Å²) in [5.74, 6) is 1.11. The van der Waals surface area contributed by atoms with E-state index in [1.54, 1.807) is 61.2 Å². The van der Waals surface area contributed by atoms with Crippen LogP contribution in [0.5, 0.6) is 0 Å². The van der Waals surface area contributed by atoms with Crippen LogP contribution in [0, 0.1) is 6.57 Å². The molecule has 0 aliphatic heterocycles. The van der Waals surface area contributed by atoms with Gasteiger partial charge in [0.2, 0.25) is 0 Å². The quantitative estimate of drug-likeness (QED) is 0.165. The summed E-state index contributed by atoms with van der Waals surface area (Å²) in [6.07, 6.45) is 2.00. The molecule has 4 aromatic heterocycles. The SMILES string of the molecule is [C-]#[N+]c1cccc(-c2cc(-n3c4ccccc4c4cc(-c5ncccn5)ccc43)c(-n3c4ccccc4c4cc(-c5ncccn5)ccc43)cc2C(F)(F)F)c1. The Morgan fingerprint density at radius 1 is 0.464 bits per heavy atom. The Kier molecular flexibility index (Phi) is 7.50. The normalized spacial score (nSPS) is 11.8. The molecule has 0 fully saturated rings. The molecule has 0 bridgehead atoms. The molecule has 4 heterocycles. The zero-order chi connectivity index (χ0) is 38.0. The molecule has 0 unspecified atom stereocenters. The zero-order valence-corrected chi connectivity index (χ0v) is 29.3. The molecule has 7 nitrogen and oxygen atoms in total. The van der Waals surface area contributed by atoms with E-state index < -0.39 is 11.7 Å². The number of fused-ring (bicyclic) bond motifs is 6. The minimum atomic E-state index is -4.74. The number of benzene rings is 6. The van der Waals surface area contributed by atoms with E-state index in [1.807, 2.05) is 94.1 Å². The van der Waals surface area contributed by atoms with Gasteiger partial charge in [-0.3, -0.25) is 0 Å². The van der Waals surface area contributed by atoms with Crippen LogP contribution >= 0.6 is 0 Å². The molecule has 10 rings (SSSR count). The van der Waals surface area contributed by atoms with Gasteiger partial charge in [-0.1, -0.05) is 54.6 Å². The summed E-state index contributed by atoms with van der Waals surface area (Å²) in [5, 5.41) is 3.51. The number of hydrogen-bond acceptors (Lipinski definition) is 4. The lowest BCUT2D eigenvalue weighted by atomic mass is 9.96. The molecule has 0 N–H and O–H groups in total.